The van der Waals surface area contributed by atoms with Gasteiger partial charge in [-0.05, 0) is 66.5 Å². The van der Waals surface area contributed by atoms with Gasteiger partial charge in [-0.25, -0.2) is 4.39 Å². The van der Waals surface area contributed by atoms with Crippen LogP contribution in [0.3, 0.4) is 0 Å². The molecule has 6 nitrogen and oxygen atoms in total. The second-order valence-corrected chi connectivity index (χ2v) is 9.54. The second kappa shape index (κ2) is 10.6. The molecule has 180 valence electrons. The third kappa shape index (κ3) is 5.26. The number of pyridine rings is 2. The number of rotatable bonds is 8. The van der Waals surface area contributed by atoms with Crippen molar-refractivity contribution in [2.45, 2.75) is 44.6 Å². The standard InChI is InChI=1S/C27H33FN4O2/c1-17-10-18(12-20(29)11-17)22-6-7-30-15-19(22)13-26(33)23-4-5-25(28)24-14-21(16-31-27(23)24)32(2)8-9-34-3/h4-7,14-18,20H,8-13,29H2,1-3H3/t17-,18+,20-/m0/s1. The van der Waals surface area contributed by atoms with E-state index in [1.807, 2.05) is 18.0 Å². The molecule has 1 fully saturated rings. The van der Waals surface area contributed by atoms with Crippen LogP contribution in [0, 0.1) is 11.7 Å². The van der Waals surface area contributed by atoms with Crippen molar-refractivity contribution in [2.24, 2.45) is 11.7 Å². The number of anilines is 1. The Morgan fingerprint density at radius 3 is 2.82 bits per heavy atom. The number of nitrogens with two attached hydrogens (primary N) is 1. The molecule has 1 saturated carbocycles. The van der Waals surface area contributed by atoms with Crippen molar-refractivity contribution in [1.29, 1.82) is 0 Å². The van der Waals surface area contributed by atoms with Gasteiger partial charge in [0.15, 0.2) is 5.78 Å². The van der Waals surface area contributed by atoms with Crippen LogP contribution >= 0.6 is 0 Å². The van der Waals surface area contributed by atoms with Gasteiger partial charge in [0.05, 0.1) is 24.0 Å². The molecule has 3 atom stereocenters. The van der Waals surface area contributed by atoms with Crippen molar-refractivity contribution in [1.82, 2.24) is 9.97 Å². The van der Waals surface area contributed by atoms with Crippen LogP contribution in [0.15, 0.2) is 42.9 Å². The van der Waals surface area contributed by atoms with Gasteiger partial charge in [0.25, 0.3) is 0 Å². The summed E-state index contributed by atoms with van der Waals surface area (Å²) in [5, 5.41) is 0.339. The third-order valence-corrected chi connectivity index (χ3v) is 6.87. The molecule has 1 aliphatic rings. The largest absolute Gasteiger partial charge is 0.383 e. The van der Waals surface area contributed by atoms with E-state index >= 15 is 0 Å². The molecule has 0 saturated heterocycles. The van der Waals surface area contributed by atoms with Gasteiger partial charge in [0, 0.05) is 56.5 Å². The van der Waals surface area contributed by atoms with Crippen molar-refractivity contribution in [3.8, 4) is 0 Å². The van der Waals surface area contributed by atoms with Crippen molar-refractivity contribution < 1.29 is 13.9 Å². The van der Waals surface area contributed by atoms with E-state index in [1.54, 1.807) is 31.8 Å². The quantitative estimate of drug-likeness (QED) is 0.494. The summed E-state index contributed by atoms with van der Waals surface area (Å²) in [5.74, 6) is 0.374. The molecule has 1 aliphatic carbocycles. The highest BCUT2D eigenvalue weighted by molar-refractivity contribution is 6.08. The molecule has 1 aromatic carbocycles. The molecule has 0 aliphatic heterocycles. The lowest BCUT2D eigenvalue weighted by Crippen LogP contribution is -2.31. The van der Waals surface area contributed by atoms with Crippen LogP contribution in [0.4, 0.5) is 10.1 Å². The molecular weight excluding hydrogens is 431 g/mol. The van der Waals surface area contributed by atoms with Crippen LogP contribution < -0.4 is 10.6 Å². The Morgan fingerprint density at radius 2 is 2.06 bits per heavy atom. The first-order chi connectivity index (χ1) is 16.4. The zero-order valence-electron chi connectivity index (χ0n) is 20.1. The number of ketones is 1. The van der Waals surface area contributed by atoms with Crippen LogP contribution in [0.5, 0.6) is 0 Å². The topological polar surface area (TPSA) is 81.3 Å². The van der Waals surface area contributed by atoms with E-state index in [0.29, 0.717) is 41.5 Å². The zero-order chi connectivity index (χ0) is 24.2. The van der Waals surface area contributed by atoms with Gasteiger partial charge in [-0.2, -0.15) is 0 Å². The number of hydrogen-bond donors (Lipinski definition) is 1. The molecule has 4 rings (SSSR count). The fourth-order valence-electron chi connectivity index (χ4n) is 5.13. The highest BCUT2D eigenvalue weighted by Crippen LogP contribution is 2.37. The first kappa shape index (κ1) is 24.2. The number of aromatic nitrogens is 2. The summed E-state index contributed by atoms with van der Waals surface area (Å²) in [7, 11) is 3.54. The minimum absolute atomic E-state index is 0.0969. The number of likely N-dealkylation sites (N-methyl/N-ethyl adjacent to an activating group) is 1. The number of hydrogen-bond acceptors (Lipinski definition) is 6. The van der Waals surface area contributed by atoms with Gasteiger partial charge in [-0.15, -0.1) is 0 Å². The van der Waals surface area contributed by atoms with E-state index in [1.165, 1.54) is 12.1 Å². The molecule has 7 heteroatoms. The van der Waals surface area contributed by atoms with Crippen molar-refractivity contribution in [3.63, 3.8) is 0 Å². The molecule has 0 radical (unpaired) electrons. The number of carbonyl (C=O) groups is 1. The SMILES string of the molecule is COCCN(C)c1cnc2c(C(=O)Cc3cnccc3[C@@H]3C[C@H](C)C[C@H](N)C3)ccc(F)c2c1. The Morgan fingerprint density at radius 1 is 1.24 bits per heavy atom. The number of benzene rings is 1. The highest BCUT2D eigenvalue weighted by Gasteiger charge is 2.27. The summed E-state index contributed by atoms with van der Waals surface area (Å²) >= 11 is 0. The minimum Gasteiger partial charge on any atom is -0.383 e. The Balaban J connectivity index is 1.62. The number of fused-ring (bicyclic) bond motifs is 1. The summed E-state index contributed by atoms with van der Waals surface area (Å²) in [5.41, 5.74) is 9.92. The van der Waals surface area contributed by atoms with E-state index in [4.69, 9.17) is 10.5 Å². The lowest BCUT2D eigenvalue weighted by Gasteiger charge is -2.32. The highest BCUT2D eigenvalue weighted by atomic mass is 19.1. The predicted octanol–water partition coefficient (Wildman–Crippen LogP) is 4.51. The summed E-state index contributed by atoms with van der Waals surface area (Å²) in [6, 6.07) is 6.82. The summed E-state index contributed by atoms with van der Waals surface area (Å²) in [4.78, 5) is 24.1. The second-order valence-electron chi connectivity index (χ2n) is 9.54. The van der Waals surface area contributed by atoms with Gasteiger partial charge in [0.1, 0.15) is 5.82 Å². The van der Waals surface area contributed by atoms with E-state index in [-0.39, 0.29) is 18.2 Å². The first-order valence-electron chi connectivity index (χ1n) is 11.9. The van der Waals surface area contributed by atoms with Crippen LogP contribution in [-0.2, 0) is 11.2 Å². The minimum atomic E-state index is -0.395. The Kier molecular flexibility index (Phi) is 7.54. The summed E-state index contributed by atoms with van der Waals surface area (Å²) in [6.07, 6.45) is 8.43. The van der Waals surface area contributed by atoms with Crippen molar-refractivity contribution in [3.05, 3.63) is 65.4 Å². The molecule has 3 aromatic rings. The van der Waals surface area contributed by atoms with Gasteiger partial charge >= 0.3 is 0 Å². The Bertz CT molecular complexity index is 1160. The maximum Gasteiger partial charge on any atom is 0.169 e. The average Bonchev–Trinajstić information content (AvgIpc) is 2.82. The number of methoxy groups -OCH3 is 1. The molecule has 2 N–H and O–H groups in total. The number of Topliss-reactive ketones (excluding diaryl/α,β-unsaturated/α-hetero) is 1. The van der Waals surface area contributed by atoms with Crippen molar-refractivity contribution >= 4 is 22.4 Å². The average molecular weight is 465 g/mol. The number of nitrogens with zero attached hydrogens (tertiary/aromatic N) is 3. The van der Waals surface area contributed by atoms with Gasteiger partial charge in [-0.1, -0.05) is 6.92 Å². The normalized spacial score (nSPS) is 20.4. The van der Waals surface area contributed by atoms with Crippen LogP contribution in [-0.4, -0.2) is 49.1 Å². The molecular formula is C27H33FN4O2. The van der Waals surface area contributed by atoms with Crippen LogP contribution in [0.25, 0.3) is 10.9 Å². The fraction of sp³-hybridized carbons (Fsp3) is 0.444. The Hall–Kier alpha value is -2.90. The van der Waals surface area contributed by atoms with Gasteiger partial charge < -0.3 is 15.4 Å². The summed E-state index contributed by atoms with van der Waals surface area (Å²) < 4.78 is 19.8. The zero-order valence-corrected chi connectivity index (χ0v) is 20.1. The predicted molar refractivity (Wildman–Crippen MR) is 133 cm³/mol. The number of halogens is 1. The summed E-state index contributed by atoms with van der Waals surface area (Å²) in [6.45, 7) is 3.43. The van der Waals surface area contributed by atoms with Crippen molar-refractivity contribution in [2.75, 3.05) is 32.2 Å². The van der Waals surface area contributed by atoms with E-state index in [9.17, 15) is 9.18 Å². The van der Waals surface area contributed by atoms with E-state index in [2.05, 4.69) is 16.9 Å². The smallest absolute Gasteiger partial charge is 0.169 e. The Labute approximate surface area is 200 Å². The maximum atomic E-state index is 14.7. The van der Waals surface area contributed by atoms with E-state index < -0.39 is 5.82 Å². The number of carbonyl (C=O) groups excluding carboxylic acids is 1. The van der Waals surface area contributed by atoms with E-state index in [0.717, 1.165) is 36.1 Å². The lowest BCUT2D eigenvalue weighted by molar-refractivity contribution is 0.0994. The lowest BCUT2D eigenvalue weighted by atomic mass is 9.75. The van der Waals surface area contributed by atoms with Gasteiger partial charge in [-0.3, -0.25) is 14.8 Å². The molecule has 0 unspecified atom stereocenters. The van der Waals surface area contributed by atoms with Crippen LogP contribution in [0.2, 0.25) is 0 Å². The fourth-order valence-corrected chi connectivity index (χ4v) is 5.13. The molecule has 2 heterocycles. The monoisotopic (exact) mass is 464 g/mol. The maximum absolute atomic E-state index is 14.7. The molecule has 0 bridgehead atoms. The molecule has 2 aromatic heterocycles. The molecule has 0 amide bonds. The van der Waals surface area contributed by atoms with Gasteiger partial charge in [0.2, 0.25) is 0 Å². The first-order valence-corrected chi connectivity index (χ1v) is 11.9. The third-order valence-electron chi connectivity index (χ3n) is 6.87. The van der Waals surface area contributed by atoms with Crippen LogP contribution in [0.1, 0.15) is 53.6 Å². The molecule has 0 spiro atoms. The number of ether oxygens (including phenoxy) is 1. The molecule has 34 heavy (non-hydrogen) atoms.